The van der Waals surface area contributed by atoms with E-state index in [1.54, 1.807) is 53.0 Å². The predicted octanol–water partition coefficient (Wildman–Crippen LogP) is 4.34. The van der Waals surface area contributed by atoms with Crippen LogP contribution in [-0.2, 0) is 9.53 Å². The van der Waals surface area contributed by atoms with Crippen molar-refractivity contribution in [2.24, 2.45) is 0 Å². The van der Waals surface area contributed by atoms with Crippen LogP contribution in [0.15, 0.2) is 42.2 Å². The molecule has 0 atom stereocenters. The summed E-state index contributed by atoms with van der Waals surface area (Å²) in [7, 11) is 1.57. The predicted molar refractivity (Wildman–Crippen MR) is 108 cm³/mol. The lowest BCUT2D eigenvalue weighted by Crippen LogP contribution is -2.27. The minimum Gasteiger partial charge on any atom is -0.496 e. The molecule has 0 N–H and O–H groups in total. The van der Waals surface area contributed by atoms with Gasteiger partial charge in [0, 0.05) is 11.1 Å². The average molecular weight is 396 g/mol. The zero-order chi connectivity index (χ0) is 21.2. The van der Waals surface area contributed by atoms with E-state index < -0.39 is 11.6 Å². The first-order chi connectivity index (χ1) is 13.7. The van der Waals surface area contributed by atoms with E-state index in [4.69, 9.17) is 18.9 Å². The van der Waals surface area contributed by atoms with Gasteiger partial charge in [-0.2, -0.15) is 0 Å². The number of rotatable bonds is 5. The van der Waals surface area contributed by atoms with Crippen molar-refractivity contribution in [2.45, 2.75) is 33.3 Å². The van der Waals surface area contributed by atoms with Crippen LogP contribution in [0, 0.1) is 6.92 Å². The number of benzene rings is 2. The maximum Gasteiger partial charge on any atom is 0.344 e. The Morgan fingerprint density at radius 3 is 2.52 bits per heavy atom. The molecule has 0 saturated heterocycles. The van der Waals surface area contributed by atoms with E-state index in [-0.39, 0.29) is 18.1 Å². The summed E-state index contributed by atoms with van der Waals surface area (Å²) in [5, 5.41) is 0. The zero-order valence-electron chi connectivity index (χ0n) is 17.2. The average Bonchev–Trinajstić information content (AvgIpc) is 2.97. The SMILES string of the molecule is COc1ccccc1/C=C1\Oc2c(ccc(OCC(=O)OC(C)(C)C)c2C)C1=O. The normalized spacial score (nSPS) is 14.4. The number of allylic oxidation sites excluding steroid dienone is 1. The molecular formula is C23H24O6. The van der Waals surface area contributed by atoms with Crippen LogP contribution in [0.25, 0.3) is 6.08 Å². The molecule has 2 aromatic rings. The standard InChI is InChI=1S/C23H24O6/c1-14-17(27-13-20(24)29-23(2,3)4)11-10-16-21(25)19(28-22(14)16)12-15-8-6-7-9-18(15)26-5/h6-12H,13H2,1-5H3/b19-12-. The number of ketones is 1. The van der Waals surface area contributed by atoms with Crippen LogP contribution in [0.3, 0.4) is 0 Å². The van der Waals surface area contributed by atoms with Gasteiger partial charge in [0.05, 0.1) is 12.7 Å². The third kappa shape index (κ3) is 4.59. The zero-order valence-corrected chi connectivity index (χ0v) is 17.2. The molecule has 0 spiro atoms. The number of para-hydroxylation sites is 1. The fraction of sp³-hybridized carbons (Fsp3) is 0.304. The largest absolute Gasteiger partial charge is 0.496 e. The quantitative estimate of drug-likeness (QED) is 0.553. The van der Waals surface area contributed by atoms with Crippen molar-refractivity contribution < 1.29 is 28.5 Å². The molecule has 0 bridgehead atoms. The topological polar surface area (TPSA) is 71.1 Å². The first-order valence-corrected chi connectivity index (χ1v) is 9.25. The van der Waals surface area contributed by atoms with E-state index in [2.05, 4.69) is 0 Å². The third-order valence-corrected chi connectivity index (χ3v) is 4.23. The van der Waals surface area contributed by atoms with E-state index in [1.165, 1.54) is 0 Å². The van der Waals surface area contributed by atoms with Gasteiger partial charge >= 0.3 is 5.97 Å². The number of hydrogen-bond donors (Lipinski definition) is 0. The van der Waals surface area contributed by atoms with E-state index in [0.29, 0.717) is 28.4 Å². The van der Waals surface area contributed by atoms with Gasteiger partial charge in [0.25, 0.3) is 0 Å². The molecule has 152 valence electrons. The lowest BCUT2D eigenvalue weighted by atomic mass is 10.1. The van der Waals surface area contributed by atoms with E-state index >= 15 is 0 Å². The van der Waals surface area contributed by atoms with Crippen LogP contribution in [0.4, 0.5) is 0 Å². The summed E-state index contributed by atoms with van der Waals surface area (Å²) in [5.74, 6) is 1.06. The number of ether oxygens (including phenoxy) is 4. The van der Waals surface area contributed by atoms with Gasteiger partial charge in [-0.05, 0) is 52.0 Å². The molecule has 6 heteroatoms. The summed E-state index contributed by atoms with van der Waals surface area (Å²) in [5.41, 5.74) is 1.25. The molecule has 0 aromatic heterocycles. The molecule has 1 heterocycles. The van der Waals surface area contributed by atoms with Crippen molar-refractivity contribution in [3.05, 3.63) is 58.8 Å². The second-order valence-electron chi connectivity index (χ2n) is 7.62. The minimum atomic E-state index is -0.582. The van der Waals surface area contributed by atoms with Gasteiger partial charge in [0.1, 0.15) is 22.8 Å². The number of Topliss-reactive ketones (excluding diaryl/α,β-unsaturated/α-hetero) is 1. The van der Waals surface area contributed by atoms with Crippen molar-refractivity contribution in [2.75, 3.05) is 13.7 Å². The molecular weight excluding hydrogens is 372 g/mol. The molecule has 0 fully saturated rings. The van der Waals surface area contributed by atoms with Gasteiger partial charge in [0.2, 0.25) is 5.78 Å². The number of carbonyl (C=O) groups excluding carboxylic acids is 2. The van der Waals surface area contributed by atoms with Crippen molar-refractivity contribution in [1.82, 2.24) is 0 Å². The monoisotopic (exact) mass is 396 g/mol. The molecule has 0 amide bonds. The lowest BCUT2D eigenvalue weighted by Gasteiger charge is -2.19. The molecule has 0 radical (unpaired) electrons. The van der Waals surface area contributed by atoms with Gasteiger partial charge in [0.15, 0.2) is 12.4 Å². The van der Waals surface area contributed by atoms with Crippen molar-refractivity contribution in [1.29, 1.82) is 0 Å². The fourth-order valence-electron chi connectivity index (χ4n) is 2.96. The van der Waals surface area contributed by atoms with Gasteiger partial charge in [-0.3, -0.25) is 4.79 Å². The fourth-order valence-corrected chi connectivity index (χ4v) is 2.96. The second kappa shape index (κ2) is 7.99. The number of methoxy groups -OCH3 is 1. The molecule has 2 aromatic carbocycles. The Balaban J connectivity index is 1.81. The molecule has 1 aliphatic rings. The summed E-state index contributed by atoms with van der Waals surface area (Å²) in [6.07, 6.45) is 1.65. The van der Waals surface area contributed by atoms with E-state index in [1.807, 2.05) is 24.3 Å². The van der Waals surface area contributed by atoms with Crippen LogP contribution in [0.1, 0.15) is 42.3 Å². The second-order valence-corrected chi connectivity index (χ2v) is 7.62. The summed E-state index contributed by atoms with van der Waals surface area (Å²) >= 11 is 0. The Hall–Kier alpha value is -3.28. The molecule has 3 rings (SSSR count). The highest BCUT2D eigenvalue weighted by Crippen LogP contribution is 2.39. The van der Waals surface area contributed by atoms with Crippen LogP contribution in [0.2, 0.25) is 0 Å². The molecule has 29 heavy (non-hydrogen) atoms. The summed E-state index contributed by atoms with van der Waals surface area (Å²) < 4.78 is 22.0. The van der Waals surface area contributed by atoms with Crippen LogP contribution >= 0.6 is 0 Å². The van der Waals surface area contributed by atoms with Crippen LogP contribution in [0.5, 0.6) is 17.2 Å². The number of esters is 1. The smallest absolute Gasteiger partial charge is 0.344 e. The van der Waals surface area contributed by atoms with E-state index in [0.717, 1.165) is 5.56 Å². The highest BCUT2D eigenvalue weighted by molar-refractivity contribution is 6.15. The highest BCUT2D eigenvalue weighted by Gasteiger charge is 2.30. The first-order valence-electron chi connectivity index (χ1n) is 9.25. The molecule has 6 nitrogen and oxygen atoms in total. The Kier molecular flexibility index (Phi) is 5.64. The maximum absolute atomic E-state index is 12.7. The summed E-state index contributed by atoms with van der Waals surface area (Å²) in [6.45, 7) is 6.93. The molecule has 1 aliphatic heterocycles. The van der Waals surface area contributed by atoms with Crippen LogP contribution in [-0.4, -0.2) is 31.1 Å². The molecule has 0 unspecified atom stereocenters. The highest BCUT2D eigenvalue weighted by atomic mass is 16.6. The number of carbonyl (C=O) groups is 2. The van der Waals surface area contributed by atoms with Gasteiger partial charge in [-0.25, -0.2) is 4.79 Å². The van der Waals surface area contributed by atoms with E-state index in [9.17, 15) is 9.59 Å². The van der Waals surface area contributed by atoms with Crippen molar-refractivity contribution >= 4 is 17.8 Å². The third-order valence-electron chi connectivity index (χ3n) is 4.23. The lowest BCUT2D eigenvalue weighted by molar-refractivity contribution is -0.157. The molecule has 0 aliphatic carbocycles. The summed E-state index contributed by atoms with van der Waals surface area (Å²) in [4.78, 5) is 24.6. The van der Waals surface area contributed by atoms with Gasteiger partial charge in [-0.15, -0.1) is 0 Å². The minimum absolute atomic E-state index is 0.205. The first kappa shape index (κ1) is 20.5. The molecule has 0 saturated carbocycles. The Morgan fingerprint density at radius 2 is 1.83 bits per heavy atom. The Labute approximate surface area is 170 Å². The maximum atomic E-state index is 12.7. The van der Waals surface area contributed by atoms with Crippen molar-refractivity contribution in [3.8, 4) is 17.2 Å². The van der Waals surface area contributed by atoms with Gasteiger partial charge < -0.3 is 18.9 Å². The number of hydrogen-bond acceptors (Lipinski definition) is 6. The summed E-state index contributed by atoms with van der Waals surface area (Å²) in [6, 6.07) is 10.7. The van der Waals surface area contributed by atoms with Gasteiger partial charge in [-0.1, -0.05) is 18.2 Å². The van der Waals surface area contributed by atoms with Crippen molar-refractivity contribution in [3.63, 3.8) is 0 Å². The van der Waals surface area contributed by atoms with Crippen LogP contribution < -0.4 is 14.2 Å². The Morgan fingerprint density at radius 1 is 1.10 bits per heavy atom. The number of fused-ring (bicyclic) bond motifs is 1. The Bertz CT molecular complexity index is 981.